The van der Waals surface area contributed by atoms with E-state index in [9.17, 15) is 9.59 Å². The van der Waals surface area contributed by atoms with E-state index in [-0.39, 0.29) is 23.4 Å². The van der Waals surface area contributed by atoms with Crippen molar-refractivity contribution in [3.63, 3.8) is 0 Å². The number of amides is 2. The average Bonchev–Trinajstić information content (AvgIpc) is 2.86. The lowest BCUT2D eigenvalue weighted by Gasteiger charge is -2.32. The third-order valence-corrected chi connectivity index (χ3v) is 3.72. The van der Waals surface area contributed by atoms with Crippen molar-refractivity contribution in [1.29, 1.82) is 0 Å². The zero-order chi connectivity index (χ0) is 17.0. The number of aromatic nitrogens is 1. The van der Waals surface area contributed by atoms with Crippen LogP contribution in [0, 0.1) is 0 Å². The van der Waals surface area contributed by atoms with Crippen LogP contribution in [-0.2, 0) is 4.79 Å². The van der Waals surface area contributed by atoms with E-state index in [0.29, 0.717) is 30.9 Å². The van der Waals surface area contributed by atoms with Gasteiger partial charge in [0.1, 0.15) is 5.82 Å². The fourth-order valence-electron chi connectivity index (χ4n) is 2.54. The van der Waals surface area contributed by atoms with Crippen LogP contribution in [0.3, 0.4) is 0 Å². The van der Waals surface area contributed by atoms with Crippen molar-refractivity contribution in [3.05, 3.63) is 36.5 Å². The molecule has 0 aliphatic carbocycles. The molecule has 1 aliphatic heterocycles. The van der Waals surface area contributed by atoms with Gasteiger partial charge >= 0.3 is 0 Å². The summed E-state index contributed by atoms with van der Waals surface area (Å²) in [5.74, 6) is 0.633. The van der Waals surface area contributed by atoms with E-state index in [1.165, 1.54) is 6.20 Å². The predicted molar refractivity (Wildman–Crippen MR) is 90.3 cm³/mol. The molecule has 1 aliphatic rings. The lowest BCUT2D eigenvalue weighted by atomic mass is 10.1. The molecule has 1 fully saturated rings. The number of carbonyl (C=O) groups is 2. The second kappa shape index (κ2) is 6.81. The van der Waals surface area contributed by atoms with Crippen molar-refractivity contribution in [2.75, 3.05) is 18.4 Å². The number of hydrogen-bond donors (Lipinski definition) is 2. The number of nitrogens with one attached hydrogen (secondary N) is 2. The molecule has 6 nitrogen and oxygen atoms in total. The second-order valence-electron chi connectivity index (χ2n) is 6.65. The van der Waals surface area contributed by atoms with Gasteiger partial charge in [0.25, 0.3) is 5.91 Å². The van der Waals surface area contributed by atoms with Gasteiger partial charge in [-0.1, -0.05) is 6.08 Å². The van der Waals surface area contributed by atoms with Gasteiger partial charge in [-0.25, -0.2) is 4.98 Å². The first-order valence-electron chi connectivity index (χ1n) is 7.73. The fraction of sp³-hybridized carbons (Fsp3) is 0.471. The van der Waals surface area contributed by atoms with Crippen molar-refractivity contribution in [2.45, 2.75) is 38.8 Å². The lowest BCUT2D eigenvalue weighted by molar-refractivity contribution is -0.131. The Morgan fingerprint density at radius 1 is 1.48 bits per heavy atom. The van der Waals surface area contributed by atoms with Crippen LogP contribution < -0.4 is 10.6 Å². The number of nitrogens with zero attached hydrogens (tertiary/aromatic N) is 2. The van der Waals surface area contributed by atoms with Gasteiger partial charge in [0, 0.05) is 31.2 Å². The first-order valence-corrected chi connectivity index (χ1v) is 7.73. The van der Waals surface area contributed by atoms with Gasteiger partial charge in [0.05, 0.1) is 11.6 Å². The maximum Gasteiger partial charge on any atom is 0.253 e. The van der Waals surface area contributed by atoms with Crippen LogP contribution in [0.1, 0.15) is 37.6 Å². The number of likely N-dealkylation sites (tertiary alicyclic amines) is 1. The molecule has 2 amide bonds. The van der Waals surface area contributed by atoms with Gasteiger partial charge in [0.2, 0.25) is 5.91 Å². The third kappa shape index (κ3) is 4.31. The maximum absolute atomic E-state index is 12.1. The molecule has 6 heteroatoms. The molecular formula is C17H24N4O2. The van der Waals surface area contributed by atoms with E-state index < -0.39 is 0 Å². The summed E-state index contributed by atoms with van der Waals surface area (Å²) >= 11 is 0. The smallest absolute Gasteiger partial charge is 0.253 e. The van der Waals surface area contributed by atoms with E-state index in [1.54, 1.807) is 18.2 Å². The molecule has 0 radical (unpaired) electrons. The molecule has 2 N–H and O–H groups in total. The van der Waals surface area contributed by atoms with Gasteiger partial charge in [0.15, 0.2) is 0 Å². The van der Waals surface area contributed by atoms with Crippen LogP contribution in [0.25, 0.3) is 0 Å². The molecule has 0 bridgehead atoms. The largest absolute Gasteiger partial charge is 0.365 e. The monoisotopic (exact) mass is 316 g/mol. The molecule has 0 spiro atoms. The minimum Gasteiger partial charge on any atom is -0.365 e. The molecule has 1 atom stereocenters. The Labute approximate surface area is 137 Å². The van der Waals surface area contributed by atoms with Crippen molar-refractivity contribution in [2.24, 2.45) is 0 Å². The zero-order valence-corrected chi connectivity index (χ0v) is 13.9. The van der Waals surface area contributed by atoms with Crippen LogP contribution in [0.4, 0.5) is 5.82 Å². The minimum atomic E-state index is -0.182. The summed E-state index contributed by atoms with van der Waals surface area (Å²) in [5, 5.41) is 5.96. The van der Waals surface area contributed by atoms with Crippen molar-refractivity contribution < 1.29 is 9.59 Å². The molecule has 1 aromatic rings. The van der Waals surface area contributed by atoms with Crippen LogP contribution in [0.15, 0.2) is 31.0 Å². The van der Waals surface area contributed by atoms with Crippen molar-refractivity contribution >= 4 is 17.6 Å². The highest BCUT2D eigenvalue weighted by molar-refractivity contribution is 5.94. The van der Waals surface area contributed by atoms with Crippen LogP contribution in [-0.4, -0.2) is 46.4 Å². The van der Waals surface area contributed by atoms with Crippen LogP contribution in [0.5, 0.6) is 0 Å². The highest BCUT2D eigenvalue weighted by Gasteiger charge is 2.36. The fourth-order valence-corrected chi connectivity index (χ4v) is 2.54. The third-order valence-electron chi connectivity index (χ3n) is 3.72. The number of pyridine rings is 1. The van der Waals surface area contributed by atoms with Crippen LogP contribution in [0.2, 0.25) is 0 Å². The van der Waals surface area contributed by atoms with Gasteiger partial charge in [-0.15, -0.1) is 6.58 Å². The normalized spacial score (nSPS) is 18.0. The molecule has 0 unspecified atom stereocenters. The first kappa shape index (κ1) is 17.0. The second-order valence-corrected chi connectivity index (χ2v) is 6.65. The summed E-state index contributed by atoms with van der Waals surface area (Å²) in [7, 11) is 0. The van der Waals surface area contributed by atoms with Gasteiger partial charge in [-0.2, -0.15) is 0 Å². The molecule has 2 heterocycles. The molecule has 2 rings (SSSR count). The predicted octanol–water partition coefficient (Wildman–Crippen LogP) is 1.81. The Bertz CT molecular complexity index is 590. The number of anilines is 1. The Morgan fingerprint density at radius 2 is 2.22 bits per heavy atom. The Balaban J connectivity index is 1.95. The van der Waals surface area contributed by atoms with Crippen molar-refractivity contribution in [3.8, 4) is 0 Å². The quantitative estimate of drug-likeness (QED) is 0.813. The van der Waals surface area contributed by atoms with E-state index in [2.05, 4.69) is 22.2 Å². The molecule has 0 saturated carbocycles. The summed E-state index contributed by atoms with van der Waals surface area (Å²) in [6, 6.07) is 3.51. The van der Waals surface area contributed by atoms with Crippen molar-refractivity contribution in [1.82, 2.24) is 15.2 Å². The maximum atomic E-state index is 12.1. The molecule has 124 valence electrons. The molecule has 1 aromatic heterocycles. The summed E-state index contributed by atoms with van der Waals surface area (Å²) in [5.41, 5.74) is 0.324. The average molecular weight is 316 g/mol. The molecule has 0 aromatic carbocycles. The zero-order valence-electron chi connectivity index (χ0n) is 13.9. The summed E-state index contributed by atoms with van der Waals surface area (Å²) in [6.07, 6.45) is 3.61. The van der Waals surface area contributed by atoms with Gasteiger partial charge < -0.3 is 15.5 Å². The van der Waals surface area contributed by atoms with Gasteiger partial charge in [-0.3, -0.25) is 9.59 Å². The Morgan fingerprint density at radius 3 is 2.74 bits per heavy atom. The van der Waals surface area contributed by atoms with E-state index in [1.807, 2.05) is 25.7 Å². The summed E-state index contributed by atoms with van der Waals surface area (Å²) < 4.78 is 0. The summed E-state index contributed by atoms with van der Waals surface area (Å²) in [6.45, 7) is 10.7. The van der Waals surface area contributed by atoms with Crippen LogP contribution >= 0.6 is 0 Å². The standard InChI is InChI=1S/C17H24N4O2/c1-5-8-18-16(23)12-6-7-14(19-10-12)20-13-9-15(22)21(11-13)17(2,3)4/h5-7,10,13H,1,8-9,11H2,2-4H3,(H,18,23)(H,19,20)/t13-/m0/s1. The first-order chi connectivity index (χ1) is 10.8. The van der Waals surface area contributed by atoms with E-state index >= 15 is 0 Å². The number of carbonyl (C=O) groups excluding carboxylic acids is 2. The summed E-state index contributed by atoms with van der Waals surface area (Å²) in [4.78, 5) is 30.0. The Hall–Kier alpha value is -2.37. The van der Waals surface area contributed by atoms with E-state index in [4.69, 9.17) is 0 Å². The number of rotatable bonds is 5. The molecule has 23 heavy (non-hydrogen) atoms. The lowest BCUT2D eigenvalue weighted by Crippen LogP contribution is -2.43. The highest BCUT2D eigenvalue weighted by Crippen LogP contribution is 2.23. The molecular weight excluding hydrogens is 292 g/mol. The highest BCUT2D eigenvalue weighted by atomic mass is 16.2. The number of hydrogen-bond acceptors (Lipinski definition) is 4. The molecule has 1 saturated heterocycles. The van der Waals surface area contributed by atoms with E-state index in [0.717, 1.165) is 0 Å². The minimum absolute atomic E-state index is 0.0367. The SMILES string of the molecule is C=CCNC(=O)c1ccc(N[C@H]2CC(=O)N(C(C)(C)C)C2)nc1. The topological polar surface area (TPSA) is 74.3 Å². The Kier molecular flexibility index (Phi) is 5.03. The van der Waals surface area contributed by atoms with Gasteiger partial charge in [-0.05, 0) is 32.9 Å².